The number of aromatic carboxylic acids is 1. The lowest BCUT2D eigenvalue weighted by molar-refractivity contribution is 0.0697. The zero-order valence-electron chi connectivity index (χ0n) is 16.2. The van der Waals surface area contributed by atoms with Crippen LogP contribution < -0.4 is 15.0 Å². The molecule has 2 N–H and O–H groups in total. The molecule has 1 aromatic heterocycles. The Morgan fingerprint density at radius 2 is 2.11 bits per heavy atom. The van der Waals surface area contributed by atoms with Crippen LogP contribution in [0.3, 0.4) is 0 Å². The van der Waals surface area contributed by atoms with Crippen LogP contribution in [-0.4, -0.2) is 42.3 Å². The molecule has 1 aliphatic carbocycles. The quantitative estimate of drug-likeness (QED) is 0.783. The smallest absolute Gasteiger partial charge is 0.337 e. The summed E-state index contributed by atoms with van der Waals surface area (Å²) in [6, 6.07) is 8.66. The summed E-state index contributed by atoms with van der Waals surface area (Å²) in [7, 11) is 2.18. The van der Waals surface area contributed by atoms with Crippen molar-refractivity contribution in [3.05, 3.63) is 47.8 Å². The third-order valence-electron chi connectivity index (χ3n) is 6.03. The predicted molar refractivity (Wildman–Crippen MR) is 110 cm³/mol. The minimum absolute atomic E-state index is 0.246. The molecule has 28 heavy (non-hydrogen) atoms. The normalized spacial score (nSPS) is 19.0. The van der Waals surface area contributed by atoms with Gasteiger partial charge >= 0.3 is 5.97 Å². The van der Waals surface area contributed by atoms with Crippen LogP contribution in [-0.2, 0) is 0 Å². The first-order chi connectivity index (χ1) is 13.6. The molecule has 0 saturated heterocycles. The van der Waals surface area contributed by atoms with Gasteiger partial charge in [-0.25, -0.2) is 4.79 Å². The van der Waals surface area contributed by atoms with Gasteiger partial charge in [-0.15, -0.1) is 0 Å². The fraction of sp³-hybridized carbons (Fsp3) is 0.455. The molecule has 2 aliphatic rings. The van der Waals surface area contributed by atoms with Crippen LogP contribution in [0, 0.1) is 0 Å². The number of aromatic nitrogens is 1. The first-order valence-electron chi connectivity index (χ1n) is 10.0. The molecule has 148 valence electrons. The summed E-state index contributed by atoms with van der Waals surface area (Å²) in [5, 5.41) is 12.6. The Balaban J connectivity index is 1.49. The lowest BCUT2D eigenvalue weighted by atomic mass is 9.92. The van der Waals surface area contributed by atoms with Gasteiger partial charge in [0.25, 0.3) is 0 Å². The highest BCUT2D eigenvalue weighted by atomic mass is 16.5. The van der Waals surface area contributed by atoms with Gasteiger partial charge in [-0.3, -0.25) is 4.98 Å². The molecule has 0 spiro atoms. The number of carbonyl (C=O) groups is 1. The highest BCUT2D eigenvalue weighted by molar-refractivity contribution is 5.93. The summed E-state index contributed by atoms with van der Waals surface area (Å²) >= 11 is 0. The average molecular weight is 381 g/mol. The summed E-state index contributed by atoms with van der Waals surface area (Å²) in [4.78, 5) is 17.8. The first-order valence-corrected chi connectivity index (χ1v) is 10.0. The third kappa shape index (κ3) is 3.77. The summed E-state index contributed by atoms with van der Waals surface area (Å²) in [6.07, 6.45) is 9.13. The summed E-state index contributed by atoms with van der Waals surface area (Å²) in [5.74, 6) is 0.276. The number of carboxylic acids is 1. The van der Waals surface area contributed by atoms with Crippen molar-refractivity contribution >= 4 is 17.3 Å². The van der Waals surface area contributed by atoms with Crippen molar-refractivity contribution in [2.75, 3.05) is 30.4 Å². The fourth-order valence-corrected chi connectivity index (χ4v) is 4.34. The molecular weight excluding hydrogens is 354 g/mol. The summed E-state index contributed by atoms with van der Waals surface area (Å²) in [5.41, 5.74) is 3.19. The second kappa shape index (κ2) is 8.09. The van der Waals surface area contributed by atoms with Crippen molar-refractivity contribution in [2.45, 2.75) is 44.1 Å². The Morgan fingerprint density at radius 3 is 2.89 bits per heavy atom. The van der Waals surface area contributed by atoms with Gasteiger partial charge in [0.05, 0.1) is 24.1 Å². The number of anilines is 2. The second-order valence-electron chi connectivity index (χ2n) is 7.71. The number of fused-ring (bicyclic) bond motifs is 1. The SMILES string of the molecule is CN(c1ccc2c(c1)OCCC2CNc1cnccc1C(=O)O)C1CCCC1. The molecule has 0 amide bonds. The third-order valence-corrected chi connectivity index (χ3v) is 6.03. The van der Waals surface area contributed by atoms with Gasteiger partial charge in [0, 0.05) is 43.5 Å². The molecule has 1 saturated carbocycles. The Labute approximate surface area is 165 Å². The van der Waals surface area contributed by atoms with E-state index in [-0.39, 0.29) is 11.5 Å². The number of benzene rings is 1. The van der Waals surface area contributed by atoms with E-state index in [2.05, 4.69) is 40.4 Å². The van der Waals surface area contributed by atoms with Gasteiger partial charge in [0.15, 0.2) is 0 Å². The van der Waals surface area contributed by atoms with Crippen LogP contribution in [0.5, 0.6) is 5.75 Å². The zero-order valence-corrected chi connectivity index (χ0v) is 16.2. The van der Waals surface area contributed by atoms with Gasteiger partial charge in [-0.1, -0.05) is 18.9 Å². The van der Waals surface area contributed by atoms with Gasteiger partial charge in [-0.05, 0) is 37.0 Å². The topological polar surface area (TPSA) is 74.7 Å². The fourth-order valence-electron chi connectivity index (χ4n) is 4.34. The van der Waals surface area contributed by atoms with E-state index in [1.54, 1.807) is 6.20 Å². The maximum atomic E-state index is 11.4. The molecule has 0 radical (unpaired) electrons. The lowest BCUT2D eigenvalue weighted by Crippen LogP contribution is -2.29. The molecule has 1 atom stereocenters. The van der Waals surface area contributed by atoms with Crippen molar-refractivity contribution in [2.24, 2.45) is 0 Å². The van der Waals surface area contributed by atoms with Crippen molar-refractivity contribution in [1.29, 1.82) is 0 Å². The number of nitrogens with zero attached hydrogens (tertiary/aromatic N) is 2. The van der Waals surface area contributed by atoms with Crippen LogP contribution >= 0.6 is 0 Å². The van der Waals surface area contributed by atoms with Crippen LogP contribution in [0.25, 0.3) is 0 Å². The molecule has 1 unspecified atom stereocenters. The number of ether oxygens (including phenoxy) is 1. The van der Waals surface area contributed by atoms with E-state index >= 15 is 0 Å². The predicted octanol–water partition coefficient (Wildman–Crippen LogP) is 4.14. The molecule has 0 bridgehead atoms. The Morgan fingerprint density at radius 1 is 1.29 bits per heavy atom. The maximum absolute atomic E-state index is 11.4. The zero-order chi connectivity index (χ0) is 19.5. The number of hydrogen-bond acceptors (Lipinski definition) is 5. The van der Waals surface area contributed by atoms with Crippen molar-refractivity contribution in [1.82, 2.24) is 4.98 Å². The largest absolute Gasteiger partial charge is 0.493 e. The molecule has 2 heterocycles. The van der Waals surface area contributed by atoms with Crippen LogP contribution in [0.1, 0.15) is 53.9 Å². The highest BCUT2D eigenvalue weighted by Crippen LogP contribution is 2.38. The minimum atomic E-state index is -0.947. The number of hydrogen-bond donors (Lipinski definition) is 2. The molecule has 1 aliphatic heterocycles. The molecule has 2 aromatic rings. The molecule has 1 aromatic carbocycles. The summed E-state index contributed by atoms with van der Waals surface area (Å²) in [6.45, 7) is 1.33. The van der Waals surface area contributed by atoms with E-state index in [1.165, 1.54) is 49.2 Å². The Hall–Kier alpha value is -2.76. The Bertz CT molecular complexity index is 849. The number of rotatable bonds is 6. The van der Waals surface area contributed by atoms with Gasteiger partial charge in [0.2, 0.25) is 0 Å². The van der Waals surface area contributed by atoms with E-state index in [0.717, 1.165) is 12.2 Å². The van der Waals surface area contributed by atoms with Crippen LogP contribution in [0.4, 0.5) is 11.4 Å². The van der Waals surface area contributed by atoms with E-state index in [1.807, 2.05) is 0 Å². The summed E-state index contributed by atoms with van der Waals surface area (Å²) < 4.78 is 5.96. The van der Waals surface area contributed by atoms with E-state index in [9.17, 15) is 9.90 Å². The van der Waals surface area contributed by atoms with Crippen LogP contribution in [0.2, 0.25) is 0 Å². The number of pyridine rings is 1. The van der Waals surface area contributed by atoms with Crippen molar-refractivity contribution in [3.63, 3.8) is 0 Å². The van der Waals surface area contributed by atoms with Gasteiger partial charge in [0.1, 0.15) is 5.75 Å². The monoisotopic (exact) mass is 381 g/mol. The van der Waals surface area contributed by atoms with E-state index in [4.69, 9.17) is 4.74 Å². The number of nitrogens with one attached hydrogen (secondary N) is 1. The van der Waals surface area contributed by atoms with Gasteiger partial charge < -0.3 is 20.1 Å². The maximum Gasteiger partial charge on any atom is 0.337 e. The van der Waals surface area contributed by atoms with Crippen molar-refractivity contribution < 1.29 is 14.6 Å². The van der Waals surface area contributed by atoms with Crippen LogP contribution in [0.15, 0.2) is 36.7 Å². The van der Waals surface area contributed by atoms with E-state index in [0.29, 0.717) is 24.9 Å². The first kappa shape index (κ1) is 18.6. The molecule has 4 rings (SSSR count). The molecule has 6 nitrogen and oxygen atoms in total. The standard InChI is InChI=1S/C22H27N3O3/c1-25(16-4-2-3-5-16)17-6-7-18-15(9-11-28-21(18)12-17)13-24-20-14-23-10-8-19(20)22(26)27/h6-8,10,12,14-16,24H,2-5,9,11,13H2,1H3,(H,26,27). The number of carboxylic acid groups (broad SMARTS) is 1. The van der Waals surface area contributed by atoms with Crippen molar-refractivity contribution in [3.8, 4) is 5.75 Å². The highest BCUT2D eigenvalue weighted by Gasteiger charge is 2.25. The molecule has 1 fully saturated rings. The second-order valence-corrected chi connectivity index (χ2v) is 7.71. The lowest BCUT2D eigenvalue weighted by Gasteiger charge is -2.30. The molecular formula is C22H27N3O3. The minimum Gasteiger partial charge on any atom is -0.493 e. The van der Waals surface area contributed by atoms with Gasteiger partial charge in [-0.2, -0.15) is 0 Å². The average Bonchev–Trinajstić information content (AvgIpc) is 3.26. The Kier molecular flexibility index (Phi) is 5.37. The molecule has 6 heteroatoms. The van der Waals surface area contributed by atoms with E-state index < -0.39 is 5.97 Å².